The molecular formula is C15H19N3O4S. The number of anilines is 1. The van der Waals surface area contributed by atoms with Crippen LogP contribution in [0, 0.1) is 22.5 Å². The molecule has 2 rings (SSSR count). The van der Waals surface area contributed by atoms with Gasteiger partial charge in [0.25, 0.3) is 5.69 Å². The molecule has 1 fully saturated rings. The van der Waals surface area contributed by atoms with E-state index < -0.39 is 14.9 Å². The maximum atomic E-state index is 12.7. The van der Waals surface area contributed by atoms with Crippen LogP contribution in [0.2, 0.25) is 0 Å². The third-order valence-corrected chi connectivity index (χ3v) is 5.64. The summed E-state index contributed by atoms with van der Waals surface area (Å²) in [5.74, 6) is 2.33. The van der Waals surface area contributed by atoms with Crippen molar-refractivity contribution in [1.29, 1.82) is 0 Å². The molecule has 1 saturated heterocycles. The molecule has 0 bridgehead atoms. The molecule has 0 atom stereocenters. The molecule has 0 amide bonds. The third-order valence-electron chi connectivity index (χ3n) is 3.75. The molecule has 23 heavy (non-hydrogen) atoms. The number of sulfonamides is 1. The minimum Gasteiger partial charge on any atom is -0.369 e. The molecule has 1 aromatic carbocycles. The van der Waals surface area contributed by atoms with Crippen molar-refractivity contribution in [2.45, 2.75) is 30.6 Å². The van der Waals surface area contributed by atoms with Gasteiger partial charge < -0.3 is 5.32 Å². The largest absolute Gasteiger partial charge is 0.369 e. The molecule has 0 spiro atoms. The SMILES string of the molecule is C#CCNc1ccc(S(=O)(=O)N2CCCCCC2)cc1[N+](=O)[O-]. The maximum absolute atomic E-state index is 12.7. The quantitative estimate of drug-likeness (QED) is 0.505. The Balaban J connectivity index is 2.36. The highest BCUT2D eigenvalue weighted by atomic mass is 32.2. The van der Waals surface area contributed by atoms with Crippen molar-refractivity contribution in [1.82, 2.24) is 4.31 Å². The molecule has 8 heteroatoms. The van der Waals surface area contributed by atoms with E-state index in [4.69, 9.17) is 6.42 Å². The van der Waals surface area contributed by atoms with E-state index >= 15 is 0 Å². The lowest BCUT2D eigenvalue weighted by Gasteiger charge is -2.20. The van der Waals surface area contributed by atoms with Crippen LogP contribution in [0.1, 0.15) is 25.7 Å². The zero-order valence-electron chi connectivity index (χ0n) is 12.7. The first-order valence-corrected chi connectivity index (χ1v) is 8.87. The second-order valence-corrected chi connectivity index (χ2v) is 7.25. The summed E-state index contributed by atoms with van der Waals surface area (Å²) in [4.78, 5) is 10.5. The van der Waals surface area contributed by atoms with E-state index in [0.717, 1.165) is 31.7 Å². The van der Waals surface area contributed by atoms with E-state index in [9.17, 15) is 18.5 Å². The Labute approximate surface area is 135 Å². The highest BCUT2D eigenvalue weighted by molar-refractivity contribution is 7.89. The Hall–Kier alpha value is -2.11. The average Bonchev–Trinajstić information content (AvgIpc) is 2.82. The van der Waals surface area contributed by atoms with Gasteiger partial charge in [-0.3, -0.25) is 10.1 Å². The number of hydrogen-bond acceptors (Lipinski definition) is 5. The van der Waals surface area contributed by atoms with Gasteiger partial charge in [-0.05, 0) is 25.0 Å². The van der Waals surface area contributed by atoms with E-state index in [2.05, 4.69) is 11.2 Å². The highest BCUT2D eigenvalue weighted by Crippen LogP contribution is 2.29. The normalized spacial score (nSPS) is 16.3. The van der Waals surface area contributed by atoms with Gasteiger partial charge in [0.05, 0.1) is 16.4 Å². The first kappa shape index (κ1) is 17.2. The predicted octanol–water partition coefficient (Wildman–Crippen LogP) is 2.20. The number of rotatable bonds is 5. The van der Waals surface area contributed by atoms with Crippen LogP contribution in [-0.2, 0) is 10.0 Å². The standard InChI is InChI=1S/C15H19N3O4S/c1-2-9-16-14-8-7-13(12-15(14)18(19)20)23(21,22)17-10-5-3-4-6-11-17/h1,7-8,12,16H,3-6,9-11H2. The Kier molecular flexibility index (Phi) is 5.58. The number of terminal acetylenes is 1. The summed E-state index contributed by atoms with van der Waals surface area (Å²) in [6, 6.07) is 3.87. The smallest absolute Gasteiger partial charge is 0.293 e. The predicted molar refractivity (Wildman–Crippen MR) is 87.6 cm³/mol. The monoisotopic (exact) mass is 337 g/mol. The zero-order chi connectivity index (χ0) is 16.9. The summed E-state index contributed by atoms with van der Waals surface area (Å²) < 4.78 is 26.8. The second-order valence-electron chi connectivity index (χ2n) is 5.31. The Morgan fingerprint density at radius 3 is 2.48 bits per heavy atom. The number of nitrogens with one attached hydrogen (secondary N) is 1. The molecule has 0 saturated carbocycles. The van der Waals surface area contributed by atoms with E-state index in [-0.39, 0.29) is 22.8 Å². The van der Waals surface area contributed by atoms with Gasteiger partial charge >= 0.3 is 0 Å². The molecule has 1 aromatic rings. The number of hydrogen-bond donors (Lipinski definition) is 1. The summed E-state index contributed by atoms with van der Waals surface area (Å²) >= 11 is 0. The fourth-order valence-electron chi connectivity index (χ4n) is 2.55. The first-order chi connectivity index (χ1) is 11.0. The van der Waals surface area contributed by atoms with Crippen LogP contribution in [0.25, 0.3) is 0 Å². The lowest BCUT2D eigenvalue weighted by atomic mass is 10.2. The fourth-order valence-corrected chi connectivity index (χ4v) is 4.09. The maximum Gasteiger partial charge on any atom is 0.293 e. The van der Waals surface area contributed by atoms with Gasteiger partial charge in [-0.15, -0.1) is 6.42 Å². The fraction of sp³-hybridized carbons (Fsp3) is 0.467. The van der Waals surface area contributed by atoms with Gasteiger partial charge in [0, 0.05) is 19.2 Å². The van der Waals surface area contributed by atoms with Gasteiger partial charge in [-0.2, -0.15) is 4.31 Å². The van der Waals surface area contributed by atoms with Crippen molar-refractivity contribution >= 4 is 21.4 Å². The number of nitro benzene ring substituents is 1. The van der Waals surface area contributed by atoms with Crippen molar-refractivity contribution in [3.63, 3.8) is 0 Å². The average molecular weight is 337 g/mol. The summed E-state index contributed by atoms with van der Waals surface area (Å²) in [7, 11) is -3.72. The summed E-state index contributed by atoms with van der Waals surface area (Å²) in [5, 5.41) is 13.9. The van der Waals surface area contributed by atoms with E-state index in [1.54, 1.807) is 0 Å². The van der Waals surface area contributed by atoms with Crippen LogP contribution in [-0.4, -0.2) is 37.3 Å². The summed E-state index contributed by atoms with van der Waals surface area (Å²) in [6.45, 7) is 1.03. The second kappa shape index (κ2) is 7.44. The molecule has 0 aromatic heterocycles. The summed E-state index contributed by atoms with van der Waals surface area (Å²) in [5.41, 5.74) is -0.0843. The van der Waals surface area contributed by atoms with Crippen LogP contribution in [0.5, 0.6) is 0 Å². The molecule has 0 unspecified atom stereocenters. The van der Waals surface area contributed by atoms with E-state index in [1.807, 2.05) is 0 Å². The van der Waals surface area contributed by atoms with Crippen molar-refractivity contribution in [2.75, 3.05) is 25.0 Å². The Morgan fingerprint density at radius 2 is 1.91 bits per heavy atom. The molecule has 1 aliphatic rings. The number of nitro groups is 1. The molecule has 7 nitrogen and oxygen atoms in total. The van der Waals surface area contributed by atoms with Gasteiger partial charge in [0.1, 0.15) is 5.69 Å². The third kappa shape index (κ3) is 4.00. The van der Waals surface area contributed by atoms with Crippen molar-refractivity contribution < 1.29 is 13.3 Å². The van der Waals surface area contributed by atoms with Gasteiger partial charge in [0.2, 0.25) is 10.0 Å². The molecule has 1 heterocycles. The van der Waals surface area contributed by atoms with Crippen LogP contribution in [0.3, 0.4) is 0 Å². The van der Waals surface area contributed by atoms with Crippen LogP contribution < -0.4 is 5.32 Å². The highest BCUT2D eigenvalue weighted by Gasteiger charge is 2.27. The lowest BCUT2D eigenvalue weighted by Crippen LogP contribution is -2.32. The van der Waals surface area contributed by atoms with Gasteiger partial charge in [-0.25, -0.2) is 8.42 Å². The lowest BCUT2D eigenvalue weighted by molar-refractivity contribution is -0.384. The van der Waals surface area contributed by atoms with Crippen LogP contribution in [0.4, 0.5) is 11.4 Å². The molecule has 1 N–H and O–H groups in total. The van der Waals surface area contributed by atoms with Gasteiger partial charge in [-0.1, -0.05) is 18.8 Å². The van der Waals surface area contributed by atoms with Crippen LogP contribution in [0.15, 0.2) is 23.1 Å². The minimum absolute atomic E-state index is 0.0580. The molecule has 0 aliphatic carbocycles. The number of benzene rings is 1. The van der Waals surface area contributed by atoms with Crippen molar-refractivity contribution in [2.24, 2.45) is 0 Å². The minimum atomic E-state index is -3.72. The molecule has 0 radical (unpaired) electrons. The van der Waals surface area contributed by atoms with Crippen molar-refractivity contribution in [3.05, 3.63) is 28.3 Å². The van der Waals surface area contributed by atoms with Crippen molar-refractivity contribution in [3.8, 4) is 12.3 Å². The molecular weight excluding hydrogens is 318 g/mol. The molecule has 124 valence electrons. The Morgan fingerprint density at radius 1 is 1.26 bits per heavy atom. The van der Waals surface area contributed by atoms with E-state index in [0.29, 0.717) is 13.1 Å². The van der Waals surface area contributed by atoms with Crippen LogP contribution >= 0.6 is 0 Å². The first-order valence-electron chi connectivity index (χ1n) is 7.43. The topological polar surface area (TPSA) is 92.6 Å². The zero-order valence-corrected chi connectivity index (χ0v) is 13.5. The Bertz CT molecular complexity index is 717. The summed E-state index contributed by atoms with van der Waals surface area (Å²) in [6.07, 6.45) is 8.75. The van der Waals surface area contributed by atoms with E-state index in [1.165, 1.54) is 16.4 Å². The molecule has 1 aliphatic heterocycles. The number of nitrogens with zero attached hydrogens (tertiary/aromatic N) is 2. The van der Waals surface area contributed by atoms with Gasteiger partial charge in [0.15, 0.2) is 0 Å².